The number of rotatable bonds is 6. The van der Waals surface area contributed by atoms with Gasteiger partial charge in [-0.25, -0.2) is 0 Å². The number of carbonyl (C=O) groups excluding carboxylic acids is 1. The highest BCUT2D eigenvalue weighted by Crippen LogP contribution is 2.24. The summed E-state index contributed by atoms with van der Waals surface area (Å²) in [6.45, 7) is 2.36. The number of ether oxygens (including phenoxy) is 2. The van der Waals surface area contributed by atoms with Crippen molar-refractivity contribution in [2.24, 2.45) is 0 Å². The van der Waals surface area contributed by atoms with Gasteiger partial charge in [-0.2, -0.15) is 5.10 Å². The highest BCUT2D eigenvalue weighted by molar-refractivity contribution is 5.83. The summed E-state index contributed by atoms with van der Waals surface area (Å²) in [4.78, 5) is 17.9. The summed E-state index contributed by atoms with van der Waals surface area (Å²) < 4.78 is 12.1. The monoisotopic (exact) mass is 421 g/mol. The lowest BCUT2D eigenvalue weighted by molar-refractivity contribution is -0.122. The van der Waals surface area contributed by atoms with Crippen molar-refractivity contribution in [3.8, 4) is 0 Å². The first-order valence-corrected chi connectivity index (χ1v) is 10.9. The van der Waals surface area contributed by atoms with Gasteiger partial charge in [-0.15, -0.1) is 5.10 Å². The number of H-pyrrole nitrogens is 1. The Balaban J connectivity index is 1.07. The summed E-state index contributed by atoms with van der Waals surface area (Å²) in [7, 11) is 0. The van der Waals surface area contributed by atoms with Gasteiger partial charge in [0.1, 0.15) is 12.2 Å². The first-order chi connectivity index (χ1) is 15.3. The molecule has 3 aromatic rings. The number of hydrogen-bond acceptors (Lipinski definition) is 6. The zero-order valence-corrected chi connectivity index (χ0v) is 17.4. The standard InChI is InChI=1S/C23H27N5O3/c29-23(9-3-5-16-11-24-19-7-2-1-6-18(16)19)26-17-14-30-20-12-28(13-21(20)31-15-17)22-8-4-10-25-27-22/h1-2,4,6-8,10-11,17,20-21,24H,3,5,9,12-15H2,(H,26,29)/t20-,21-/m0/s1. The molecule has 2 aliphatic rings. The molecule has 2 atom stereocenters. The molecule has 2 N–H and O–H groups in total. The van der Waals surface area contributed by atoms with E-state index in [0.29, 0.717) is 32.7 Å². The zero-order chi connectivity index (χ0) is 21.0. The number of nitrogens with zero attached hydrogens (tertiary/aromatic N) is 3. The fourth-order valence-electron chi connectivity index (χ4n) is 4.40. The molecule has 4 heterocycles. The Morgan fingerprint density at radius 3 is 2.71 bits per heavy atom. The number of para-hydroxylation sites is 1. The van der Waals surface area contributed by atoms with Gasteiger partial charge in [-0.1, -0.05) is 18.2 Å². The second-order valence-corrected chi connectivity index (χ2v) is 8.21. The van der Waals surface area contributed by atoms with Crippen LogP contribution in [0.15, 0.2) is 48.8 Å². The average molecular weight is 422 g/mol. The van der Waals surface area contributed by atoms with E-state index in [0.717, 1.165) is 24.2 Å². The van der Waals surface area contributed by atoms with Crippen molar-refractivity contribution < 1.29 is 14.3 Å². The maximum absolute atomic E-state index is 12.4. The average Bonchev–Trinajstić information content (AvgIpc) is 3.36. The maximum Gasteiger partial charge on any atom is 0.220 e. The number of aromatic amines is 1. The number of aryl methyl sites for hydroxylation is 1. The lowest BCUT2D eigenvalue weighted by Crippen LogP contribution is -2.41. The number of carbonyl (C=O) groups is 1. The molecule has 1 aromatic carbocycles. The SMILES string of the molecule is O=C(CCCc1c[nH]c2ccccc12)NC1CO[C@H]2CN(c3cccnn3)C[C@@H]2OC1. The topological polar surface area (TPSA) is 92.4 Å². The van der Waals surface area contributed by atoms with Crippen molar-refractivity contribution in [2.45, 2.75) is 37.5 Å². The van der Waals surface area contributed by atoms with Crippen molar-refractivity contribution in [3.05, 3.63) is 54.4 Å². The van der Waals surface area contributed by atoms with Crippen LogP contribution >= 0.6 is 0 Å². The van der Waals surface area contributed by atoms with Crippen LogP contribution in [0.4, 0.5) is 5.82 Å². The Bertz CT molecular complexity index is 1010. The molecule has 2 aliphatic heterocycles. The first-order valence-electron chi connectivity index (χ1n) is 10.9. The van der Waals surface area contributed by atoms with Gasteiger partial charge in [-0.05, 0) is 36.6 Å². The molecule has 5 rings (SSSR count). The molecule has 8 nitrogen and oxygen atoms in total. The molecule has 2 fully saturated rings. The molecular formula is C23H27N5O3. The van der Waals surface area contributed by atoms with E-state index in [-0.39, 0.29) is 24.2 Å². The van der Waals surface area contributed by atoms with Gasteiger partial charge < -0.3 is 24.7 Å². The normalized spacial score (nSPS) is 21.7. The molecular weight excluding hydrogens is 394 g/mol. The van der Waals surface area contributed by atoms with Crippen LogP contribution in [-0.4, -0.2) is 65.6 Å². The minimum atomic E-state index is -0.115. The first kappa shape index (κ1) is 20.0. The predicted molar refractivity (Wildman–Crippen MR) is 117 cm³/mol. The van der Waals surface area contributed by atoms with Crippen LogP contribution in [0.5, 0.6) is 0 Å². The van der Waals surface area contributed by atoms with E-state index < -0.39 is 0 Å². The third kappa shape index (κ3) is 4.55. The van der Waals surface area contributed by atoms with Gasteiger partial charge in [0.25, 0.3) is 0 Å². The van der Waals surface area contributed by atoms with E-state index >= 15 is 0 Å². The fraction of sp³-hybridized carbons (Fsp3) is 0.435. The van der Waals surface area contributed by atoms with E-state index in [1.807, 2.05) is 30.5 Å². The van der Waals surface area contributed by atoms with Gasteiger partial charge in [0, 0.05) is 42.8 Å². The molecule has 0 unspecified atom stereocenters. The van der Waals surface area contributed by atoms with E-state index in [2.05, 4.69) is 37.5 Å². The summed E-state index contributed by atoms with van der Waals surface area (Å²) in [6, 6.07) is 12.0. The molecule has 0 radical (unpaired) electrons. The van der Waals surface area contributed by atoms with Crippen molar-refractivity contribution in [1.82, 2.24) is 20.5 Å². The Kier molecular flexibility index (Phi) is 5.82. The Morgan fingerprint density at radius 1 is 1.13 bits per heavy atom. The highest BCUT2D eigenvalue weighted by atomic mass is 16.6. The van der Waals surface area contributed by atoms with Gasteiger partial charge in [0.2, 0.25) is 5.91 Å². The Hall–Kier alpha value is -2.97. The number of amides is 1. The van der Waals surface area contributed by atoms with Crippen molar-refractivity contribution in [2.75, 3.05) is 31.2 Å². The lowest BCUT2D eigenvalue weighted by atomic mass is 10.1. The van der Waals surface area contributed by atoms with Crippen molar-refractivity contribution >= 4 is 22.6 Å². The molecule has 2 saturated heterocycles. The molecule has 0 saturated carbocycles. The quantitative estimate of drug-likeness (QED) is 0.633. The van der Waals surface area contributed by atoms with E-state index in [1.165, 1.54) is 10.9 Å². The van der Waals surface area contributed by atoms with Gasteiger partial charge in [-0.3, -0.25) is 4.79 Å². The largest absolute Gasteiger partial charge is 0.371 e. The molecule has 0 bridgehead atoms. The molecule has 0 aliphatic carbocycles. The molecule has 1 amide bonds. The lowest BCUT2D eigenvalue weighted by Gasteiger charge is -2.19. The van der Waals surface area contributed by atoms with Crippen LogP contribution in [-0.2, 0) is 20.7 Å². The predicted octanol–water partition coefficient (Wildman–Crippen LogP) is 2.07. The van der Waals surface area contributed by atoms with Crippen LogP contribution in [0.1, 0.15) is 18.4 Å². The summed E-state index contributed by atoms with van der Waals surface area (Å²) in [6.07, 6.45) is 5.83. The molecule has 8 heteroatoms. The Labute approximate surface area is 180 Å². The molecule has 162 valence electrons. The van der Waals surface area contributed by atoms with Gasteiger partial charge in [0.05, 0.1) is 19.3 Å². The fourth-order valence-corrected chi connectivity index (χ4v) is 4.40. The zero-order valence-electron chi connectivity index (χ0n) is 17.4. The smallest absolute Gasteiger partial charge is 0.220 e. The van der Waals surface area contributed by atoms with Crippen LogP contribution in [0.25, 0.3) is 10.9 Å². The number of benzene rings is 1. The number of aromatic nitrogens is 3. The number of fused-ring (bicyclic) bond motifs is 2. The highest BCUT2D eigenvalue weighted by Gasteiger charge is 2.38. The minimum absolute atomic E-state index is 0.0224. The van der Waals surface area contributed by atoms with Crippen LogP contribution in [0, 0.1) is 0 Å². The van der Waals surface area contributed by atoms with Crippen LogP contribution in [0.2, 0.25) is 0 Å². The third-order valence-corrected chi connectivity index (χ3v) is 6.01. The minimum Gasteiger partial charge on any atom is -0.371 e. The molecule has 0 spiro atoms. The van der Waals surface area contributed by atoms with Crippen molar-refractivity contribution in [1.29, 1.82) is 0 Å². The maximum atomic E-state index is 12.4. The summed E-state index contributed by atoms with van der Waals surface area (Å²) >= 11 is 0. The molecule has 2 aromatic heterocycles. The third-order valence-electron chi connectivity index (χ3n) is 6.01. The van der Waals surface area contributed by atoms with Crippen LogP contribution < -0.4 is 10.2 Å². The number of anilines is 1. The second kappa shape index (κ2) is 9.03. The van der Waals surface area contributed by atoms with Gasteiger partial charge in [0.15, 0.2) is 5.82 Å². The van der Waals surface area contributed by atoms with E-state index in [9.17, 15) is 4.79 Å². The summed E-state index contributed by atoms with van der Waals surface area (Å²) in [5.74, 6) is 0.883. The van der Waals surface area contributed by atoms with E-state index in [4.69, 9.17) is 9.47 Å². The van der Waals surface area contributed by atoms with Crippen molar-refractivity contribution in [3.63, 3.8) is 0 Å². The van der Waals surface area contributed by atoms with Gasteiger partial charge >= 0.3 is 0 Å². The molecule has 31 heavy (non-hydrogen) atoms. The summed E-state index contributed by atoms with van der Waals surface area (Å²) in [5.41, 5.74) is 2.39. The van der Waals surface area contributed by atoms with Crippen LogP contribution in [0.3, 0.4) is 0 Å². The number of nitrogens with one attached hydrogen (secondary N) is 2. The van der Waals surface area contributed by atoms with E-state index in [1.54, 1.807) is 6.20 Å². The second-order valence-electron chi connectivity index (χ2n) is 8.21. The Morgan fingerprint density at radius 2 is 1.94 bits per heavy atom. The summed E-state index contributed by atoms with van der Waals surface area (Å²) in [5, 5.41) is 12.4. The number of hydrogen-bond donors (Lipinski definition) is 2.